The van der Waals surface area contributed by atoms with Gasteiger partial charge < -0.3 is 5.32 Å². The van der Waals surface area contributed by atoms with Crippen LogP contribution in [0.3, 0.4) is 0 Å². The van der Waals surface area contributed by atoms with Crippen LogP contribution in [0.1, 0.15) is 56.7 Å². The smallest absolute Gasteiger partial charge is 0.219 e. The number of rotatable bonds is 9. The summed E-state index contributed by atoms with van der Waals surface area (Å²) in [6.07, 6.45) is 9.10. The van der Waals surface area contributed by atoms with Crippen molar-refractivity contribution in [3.05, 3.63) is 17.5 Å². The van der Waals surface area contributed by atoms with E-state index in [1.165, 1.54) is 18.4 Å². The third kappa shape index (κ3) is 5.84. The van der Waals surface area contributed by atoms with Crippen LogP contribution in [0.2, 0.25) is 0 Å². The molecule has 0 radical (unpaired) electrons. The van der Waals surface area contributed by atoms with E-state index in [4.69, 9.17) is 0 Å². The van der Waals surface area contributed by atoms with E-state index in [1.807, 2.05) is 13.1 Å². The predicted octanol–water partition coefficient (Wildman–Crippen LogP) is 2.74. The molecule has 0 saturated heterocycles. The zero-order chi connectivity index (χ0) is 13.2. The molecule has 0 unspecified atom stereocenters. The molecule has 4 nitrogen and oxygen atoms in total. The summed E-state index contributed by atoms with van der Waals surface area (Å²) in [5.74, 6) is 0.190. The van der Waals surface area contributed by atoms with Crippen LogP contribution in [-0.4, -0.2) is 22.6 Å². The maximum absolute atomic E-state index is 11.5. The summed E-state index contributed by atoms with van der Waals surface area (Å²) in [5.41, 5.74) is 2.37. The minimum Gasteiger partial charge on any atom is -0.356 e. The molecule has 0 aliphatic carbocycles. The van der Waals surface area contributed by atoms with Gasteiger partial charge in [0.15, 0.2) is 0 Å². The van der Waals surface area contributed by atoms with Crippen LogP contribution in [-0.2, 0) is 11.2 Å². The van der Waals surface area contributed by atoms with E-state index in [2.05, 4.69) is 22.4 Å². The highest BCUT2D eigenvalue weighted by atomic mass is 16.1. The van der Waals surface area contributed by atoms with E-state index in [0.29, 0.717) is 6.42 Å². The Labute approximate surface area is 110 Å². The predicted molar refractivity (Wildman–Crippen MR) is 73.4 cm³/mol. The van der Waals surface area contributed by atoms with Gasteiger partial charge in [-0.15, -0.1) is 0 Å². The van der Waals surface area contributed by atoms with Crippen LogP contribution in [0.25, 0.3) is 0 Å². The van der Waals surface area contributed by atoms with Crippen molar-refractivity contribution in [1.82, 2.24) is 15.5 Å². The highest BCUT2D eigenvalue weighted by Gasteiger charge is 2.02. The normalized spacial score (nSPS) is 10.6. The quantitative estimate of drug-likeness (QED) is 0.663. The van der Waals surface area contributed by atoms with E-state index in [0.717, 1.165) is 37.9 Å². The van der Waals surface area contributed by atoms with Crippen molar-refractivity contribution in [3.8, 4) is 0 Å². The van der Waals surface area contributed by atoms with Crippen LogP contribution in [0.4, 0.5) is 0 Å². The number of hydrogen-bond donors (Lipinski definition) is 2. The summed E-state index contributed by atoms with van der Waals surface area (Å²) < 4.78 is 0. The van der Waals surface area contributed by atoms with Gasteiger partial charge >= 0.3 is 0 Å². The molecule has 2 N–H and O–H groups in total. The van der Waals surface area contributed by atoms with Gasteiger partial charge in [0.2, 0.25) is 5.91 Å². The van der Waals surface area contributed by atoms with E-state index in [1.54, 1.807) is 0 Å². The first-order valence-electron chi connectivity index (χ1n) is 6.99. The molecule has 0 aliphatic heterocycles. The summed E-state index contributed by atoms with van der Waals surface area (Å²) in [7, 11) is 0. The minimum atomic E-state index is 0.190. The van der Waals surface area contributed by atoms with Gasteiger partial charge in [0.25, 0.3) is 0 Å². The number of amides is 1. The van der Waals surface area contributed by atoms with Gasteiger partial charge in [-0.3, -0.25) is 9.89 Å². The molecule has 102 valence electrons. The molecule has 1 aromatic heterocycles. The molecule has 0 saturated carbocycles. The first kappa shape index (κ1) is 14.7. The van der Waals surface area contributed by atoms with Crippen LogP contribution in [0.15, 0.2) is 6.20 Å². The molecule has 0 bridgehead atoms. The first-order chi connectivity index (χ1) is 8.74. The van der Waals surface area contributed by atoms with Gasteiger partial charge in [-0.2, -0.15) is 5.10 Å². The third-order valence-electron chi connectivity index (χ3n) is 3.14. The fourth-order valence-corrected chi connectivity index (χ4v) is 1.94. The van der Waals surface area contributed by atoms with Crippen molar-refractivity contribution in [2.75, 3.05) is 6.54 Å². The molecular formula is C14H25N3O. The maximum Gasteiger partial charge on any atom is 0.219 e. The Bertz CT molecular complexity index is 347. The monoisotopic (exact) mass is 251 g/mol. The van der Waals surface area contributed by atoms with Gasteiger partial charge in [-0.1, -0.05) is 26.2 Å². The SMILES string of the molecule is CCCCCCC(=O)NCCCc1cn[nH]c1C. The van der Waals surface area contributed by atoms with Crippen LogP contribution in [0.5, 0.6) is 0 Å². The zero-order valence-corrected chi connectivity index (χ0v) is 11.6. The van der Waals surface area contributed by atoms with Crippen molar-refractivity contribution >= 4 is 5.91 Å². The van der Waals surface area contributed by atoms with Gasteiger partial charge in [-0.05, 0) is 31.7 Å². The molecule has 0 aliphatic rings. The van der Waals surface area contributed by atoms with Crippen LogP contribution < -0.4 is 5.32 Å². The number of aryl methyl sites for hydroxylation is 2. The Morgan fingerprint density at radius 1 is 1.33 bits per heavy atom. The number of hydrogen-bond acceptors (Lipinski definition) is 2. The highest BCUT2D eigenvalue weighted by Crippen LogP contribution is 2.05. The molecule has 1 rings (SSSR count). The van der Waals surface area contributed by atoms with Crippen LogP contribution in [0, 0.1) is 6.92 Å². The minimum absolute atomic E-state index is 0.190. The van der Waals surface area contributed by atoms with Crippen molar-refractivity contribution in [1.29, 1.82) is 0 Å². The highest BCUT2D eigenvalue weighted by molar-refractivity contribution is 5.75. The lowest BCUT2D eigenvalue weighted by molar-refractivity contribution is -0.121. The van der Waals surface area contributed by atoms with Gasteiger partial charge in [0.05, 0.1) is 6.20 Å². The Balaban J connectivity index is 2.00. The molecule has 1 amide bonds. The number of nitrogens with zero attached hydrogens (tertiary/aromatic N) is 1. The lowest BCUT2D eigenvalue weighted by Crippen LogP contribution is -2.24. The van der Waals surface area contributed by atoms with Gasteiger partial charge in [-0.25, -0.2) is 0 Å². The fourth-order valence-electron chi connectivity index (χ4n) is 1.94. The Kier molecular flexibility index (Phi) is 7.14. The molecule has 0 fully saturated rings. The number of carbonyl (C=O) groups excluding carboxylic acids is 1. The zero-order valence-electron chi connectivity index (χ0n) is 11.6. The number of aromatic amines is 1. The van der Waals surface area contributed by atoms with E-state index in [9.17, 15) is 4.79 Å². The number of H-pyrrole nitrogens is 1. The molecule has 4 heteroatoms. The lowest BCUT2D eigenvalue weighted by atomic mass is 10.1. The van der Waals surface area contributed by atoms with E-state index < -0.39 is 0 Å². The maximum atomic E-state index is 11.5. The third-order valence-corrected chi connectivity index (χ3v) is 3.14. The summed E-state index contributed by atoms with van der Waals surface area (Å²) in [6.45, 7) is 4.96. The fraction of sp³-hybridized carbons (Fsp3) is 0.714. The van der Waals surface area contributed by atoms with Crippen molar-refractivity contribution in [3.63, 3.8) is 0 Å². The van der Waals surface area contributed by atoms with Gasteiger partial charge in [0.1, 0.15) is 0 Å². The molecule has 1 heterocycles. The molecule has 0 aromatic carbocycles. The summed E-state index contributed by atoms with van der Waals surface area (Å²) in [4.78, 5) is 11.5. The number of aromatic nitrogens is 2. The second-order valence-corrected chi connectivity index (χ2v) is 4.78. The average molecular weight is 251 g/mol. The second kappa shape index (κ2) is 8.72. The second-order valence-electron chi connectivity index (χ2n) is 4.78. The lowest BCUT2D eigenvalue weighted by Gasteiger charge is -2.04. The summed E-state index contributed by atoms with van der Waals surface area (Å²) in [6, 6.07) is 0. The van der Waals surface area contributed by atoms with E-state index in [-0.39, 0.29) is 5.91 Å². The van der Waals surface area contributed by atoms with Gasteiger partial charge in [0, 0.05) is 18.7 Å². The van der Waals surface area contributed by atoms with E-state index >= 15 is 0 Å². The Hall–Kier alpha value is -1.32. The summed E-state index contributed by atoms with van der Waals surface area (Å²) >= 11 is 0. The van der Waals surface area contributed by atoms with Crippen LogP contribution >= 0.6 is 0 Å². The van der Waals surface area contributed by atoms with Crippen molar-refractivity contribution in [2.24, 2.45) is 0 Å². The Morgan fingerprint density at radius 2 is 2.17 bits per heavy atom. The Morgan fingerprint density at radius 3 is 2.83 bits per heavy atom. The number of nitrogens with one attached hydrogen (secondary N) is 2. The first-order valence-corrected chi connectivity index (χ1v) is 6.99. The molecule has 18 heavy (non-hydrogen) atoms. The average Bonchev–Trinajstić information content (AvgIpc) is 2.76. The van der Waals surface area contributed by atoms with Crippen molar-refractivity contribution in [2.45, 2.75) is 58.8 Å². The topological polar surface area (TPSA) is 57.8 Å². The van der Waals surface area contributed by atoms with Crippen molar-refractivity contribution < 1.29 is 4.79 Å². The summed E-state index contributed by atoms with van der Waals surface area (Å²) in [5, 5.41) is 9.87. The standard InChI is InChI=1S/C14H25N3O/c1-3-4-5-6-9-14(18)15-10-7-8-13-11-16-17-12(13)2/h11H,3-10H2,1-2H3,(H,15,18)(H,16,17). The molecular weight excluding hydrogens is 226 g/mol. The number of unbranched alkanes of at least 4 members (excludes halogenated alkanes) is 3. The molecule has 1 aromatic rings. The molecule has 0 atom stereocenters. The molecule has 0 spiro atoms. The number of carbonyl (C=O) groups is 1. The largest absolute Gasteiger partial charge is 0.356 e.